The molecule has 0 aliphatic carbocycles. The summed E-state index contributed by atoms with van der Waals surface area (Å²) in [6, 6.07) is 16.0. The Balaban J connectivity index is 2.11. The highest BCUT2D eigenvalue weighted by Gasteiger charge is 2.04. The van der Waals surface area contributed by atoms with E-state index in [1.165, 1.54) is 12.2 Å². The van der Waals surface area contributed by atoms with Crippen LogP contribution < -0.4 is 0 Å². The van der Waals surface area contributed by atoms with Crippen LogP contribution in [-0.4, -0.2) is 25.2 Å². The van der Waals surface area contributed by atoms with Crippen molar-refractivity contribution in [2.75, 3.05) is 13.2 Å². The highest BCUT2D eigenvalue weighted by molar-refractivity contribution is 5.87. The SMILES string of the molecule is CCOC(=O)/C=C/c1ccccc1CCc1ccccc1/C=C/C(=O)OCC. The van der Waals surface area contributed by atoms with E-state index in [0.717, 1.165) is 35.1 Å². The lowest BCUT2D eigenvalue weighted by Gasteiger charge is -2.09. The van der Waals surface area contributed by atoms with Gasteiger partial charge in [-0.1, -0.05) is 48.5 Å². The number of rotatable bonds is 9. The smallest absolute Gasteiger partial charge is 0.330 e. The monoisotopic (exact) mass is 378 g/mol. The summed E-state index contributed by atoms with van der Waals surface area (Å²) in [6.07, 6.45) is 8.12. The molecule has 28 heavy (non-hydrogen) atoms. The number of benzene rings is 2. The van der Waals surface area contributed by atoms with Crippen LogP contribution in [0.4, 0.5) is 0 Å². The van der Waals surface area contributed by atoms with Gasteiger partial charge in [0, 0.05) is 12.2 Å². The van der Waals surface area contributed by atoms with Gasteiger partial charge in [0.15, 0.2) is 0 Å². The van der Waals surface area contributed by atoms with Gasteiger partial charge in [-0.15, -0.1) is 0 Å². The van der Waals surface area contributed by atoms with Crippen LogP contribution in [-0.2, 0) is 31.9 Å². The molecule has 4 nitrogen and oxygen atoms in total. The maximum absolute atomic E-state index is 11.6. The summed E-state index contributed by atoms with van der Waals surface area (Å²) >= 11 is 0. The third-order valence-electron chi connectivity index (χ3n) is 4.15. The number of ether oxygens (including phenoxy) is 2. The Kier molecular flexibility index (Phi) is 8.73. The summed E-state index contributed by atoms with van der Waals surface area (Å²) < 4.78 is 9.88. The Morgan fingerprint density at radius 1 is 0.714 bits per heavy atom. The Hall–Kier alpha value is -3.14. The number of hydrogen-bond acceptors (Lipinski definition) is 4. The normalized spacial score (nSPS) is 11.1. The molecule has 0 amide bonds. The van der Waals surface area contributed by atoms with Gasteiger partial charge in [-0.3, -0.25) is 0 Å². The van der Waals surface area contributed by atoms with Crippen molar-refractivity contribution in [1.29, 1.82) is 0 Å². The molecule has 0 unspecified atom stereocenters. The summed E-state index contributed by atoms with van der Waals surface area (Å²) in [6.45, 7) is 4.29. The lowest BCUT2D eigenvalue weighted by molar-refractivity contribution is -0.138. The molecule has 0 saturated carbocycles. The molecule has 0 radical (unpaired) electrons. The maximum atomic E-state index is 11.6. The first-order valence-electron chi connectivity index (χ1n) is 9.49. The van der Waals surface area contributed by atoms with Gasteiger partial charge in [0.1, 0.15) is 0 Å². The van der Waals surface area contributed by atoms with Gasteiger partial charge >= 0.3 is 11.9 Å². The summed E-state index contributed by atoms with van der Waals surface area (Å²) in [5.74, 6) is -0.682. The molecular weight excluding hydrogens is 352 g/mol. The van der Waals surface area contributed by atoms with Gasteiger partial charge in [0.05, 0.1) is 13.2 Å². The van der Waals surface area contributed by atoms with Gasteiger partial charge < -0.3 is 9.47 Å². The molecular formula is C24H26O4. The first-order chi connectivity index (χ1) is 13.6. The fourth-order valence-electron chi connectivity index (χ4n) is 2.81. The standard InChI is InChI=1S/C24H26O4/c1-3-27-23(25)17-15-21-11-7-5-9-19(21)13-14-20-10-6-8-12-22(20)16-18-24(26)28-4-2/h5-12,15-18H,3-4,13-14H2,1-2H3/b17-15+,18-16+. The molecule has 2 aromatic carbocycles. The van der Waals surface area contributed by atoms with Crippen molar-refractivity contribution in [3.05, 3.63) is 82.9 Å². The zero-order valence-corrected chi connectivity index (χ0v) is 16.4. The molecule has 0 bridgehead atoms. The van der Waals surface area contributed by atoms with Crippen molar-refractivity contribution in [3.63, 3.8) is 0 Å². The van der Waals surface area contributed by atoms with E-state index in [-0.39, 0.29) is 11.9 Å². The summed E-state index contributed by atoms with van der Waals surface area (Å²) in [7, 11) is 0. The molecule has 0 atom stereocenters. The summed E-state index contributed by atoms with van der Waals surface area (Å²) in [5, 5.41) is 0. The Labute approximate surface area is 166 Å². The van der Waals surface area contributed by atoms with Crippen LogP contribution in [0.2, 0.25) is 0 Å². The average Bonchev–Trinajstić information content (AvgIpc) is 2.71. The molecule has 0 spiro atoms. The molecule has 0 aliphatic rings. The molecule has 0 N–H and O–H groups in total. The van der Waals surface area contributed by atoms with E-state index in [1.54, 1.807) is 26.0 Å². The average molecular weight is 378 g/mol. The Bertz CT molecular complexity index is 778. The highest BCUT2D eigenvalue weighted by Crippen LogP contribution is 2.17. The van der Waals surface area contributed by atoms with Crippen molar-refractivity contribution in [3.8, 4) is 0 Å². The molecule has 0 aliphatic heterocycles. The van der Waals surface area contributed by atoms with Crippen molar-refractivity contribution in [2.45, 2.75) is 26.7 Å². The van der Waals surface area contributed by atoms with Crippen LogP contribution >= 0.6 is 0 Å². The zero-order valence-electron chi connectivity index (χ0n) is 16.4. The molecule has 0 saturated heterocycles. The van der Waals surface area contributed by atoms with Crippen LogP contribution in [0.25, 0.3) is 12.2 Å². The van der Waals surface area contributed by atoms with E-state index in [0.29, 0.717) is 13.2 Å². The van der Waals surface area contributed by atoms with Crippen molar-refractivity contribution >= 4 is 24.1 Å². The fraction of sp³-hybridized carbons (Fsp3) is 0.250. The number of carbonyl (C=O) groups is 2. The lowest BCUT2D eigenvalue weighted by atomic mass is 9.96. The van der Waals surface area contributed by atoms with Gasteiger partial charge in [0.25, 0.3) is 0 Å². The minimum absolute atomic E-state index is 0.341. The lowest BCUT2D eigenvalue weighted by Crippen LogP contribution is -2.00. The maximum Gasteiger partial charge on any atom is 0.330 e. The molecule has 0 heterocycles. The van der Waals surface area contributed by atoms with Crippen LogP contribution in [0.15, 0.2) is 60.7 Å². The number of hydrogen-bond donors (Lipinski definition) is 0. The molecule has 4 heteroatoms. The quantitative estimate of drug-likeness (QED) is 0.472. The minimum atomic E-state index is -0.341. The summed E-state index contributed by atoms with van der Waals surface area (Å²) in [5.41, 5.74) is 4.28. The first-order valence-corrected chi connectivity index (χ1v) is 9.49. The van der Waals surface area contributed by atoms with Crippen LogP contribution in [0.5, 0.6) is 0 Å². The number of esters is 2. The van der Waals surface area contributed by atoms with E-state index in [9.17, 15) is 9.59 Å². The topological polar surface area (TPSA) is 52.6 Å². The minimum Gasteiger partial charge on any atom is -0.463 e. The molecule has 146 valence electrons. The van der Waals surface area contributed by atoms with E-state index in [4.69, 9.17) is 9.47 Å². The second-order valence-corrected chi connectivity index (χ2v) is 6.07. The van der Waals surface area contributed by atoms with Crippen LogP contribution in [0, 0.1) is 0 Å². The number of aryl methyl sites for hydroxylation is 2. The zero-order chi connectivity index (χ0) is 20.2. The summed E-state index contributed by atoms with van der Waals surface area (Å²) in [4.78, 5) is 23.1. The molecule has 0 aromatic heterocycles. The highest BCUT2D eigenvalue weighted by atomic mass is 16.5. The molecule has 2 aromatic rings. The number of carbonyl (C=O) groups excluding carboxylic acids is 2. The largest absolute Gasteiger partial charge is 0.463 e. The Morgan fingerprint density at radius 3 is 1.50 bits per heavy atom. The molecule has 2 rings (SSSR count). The third kappa shape index (κ3) is 6.88. The van der Waals surface area contributed by atoms with Gasteiger partial charge in [-0.25, -0.2) is 9.59 Å². The van der Waals surface area contributed by atoms with Crippen molar-refractivity contribution in [2.24, 2.45) is 0 Å². The fourth-order valence-corrected chi connectivity index (χ4v) is 2.81. The van der Waals surface area contributed by atoms with E-state index in [2.05, 4.69) is 12.1 Å². The second kappa shape index (κ2) is 11.5. The van der Waals surface area contributed by atoms with Gasteiger partial charge in [0.2, 0.25) is 0 Å². The first kappa shape index (κ1) is 21.2. The van der Waals surface area contributed by atoms with Gasteiger partial charge in [-0.05, 0) is 61.1 Å². The van der Waals surface area contributed by atoms with E-state index < -0.39 is 0 Å². The van der Waals surface area contributed by atoms with Gasteiger partial charge in [-0.2, -0.15) is 0 Å². The van der Waals surface area contributed by atoms with Crippen LogP contribution in [0.3, 0.4) is 0 Å². The third-order valence-corrected chi connectivity index (χ3v) is 4.15. The van der Waals surface area contributed by atoms with Crippen molar-refractivity contribution < 1.29 is 19.1 Å². The second-order valence-electron chi connectivity index (χ2n) is 6.07. The predicted octanol–water partition coefficient (Wildman–Crippen LogP) is 4.62. The van der Waals surface area contributed by atoms with E-state index >= 15 is 0 Å². The Morgan fingerprint density at radius 2 is 1.11 bits per heavy atom. The van der Waals surface area contributed by atoms with E-state index in [1.807, 2.05) is 36.4 Å². The molecule has 0 fully saturated rings. The van der Waals surface area contributed by atoms with Crippen LogP contribution in [0.1, 0.15) is 36.1 Å². The predicted molar refractivity (Wildman–Crippen MR) is 112 cm³/mol. The van der Waals surface area contributed by atoms with Crippen molar-refractivity contribution in [1.82, 2.24) is 0 Å².